The van der Waals surface area contributed by atoms with Crippen molar-refractivity contribution in [3.8, 4) is 0 Å². The number of hydrogen-bond acceptors (Lipinski definition) is 5. The van der Waals surface area contributed by atoms with E-state index in [0.29, 0.717) is 32.8 Å². The Morgan fingerprint density at radius 1 is 1.23 bits per heavy atom. The summed E-state index contributed by atoms with van der Waals surface area (Å²) in [6, 6.07) is 10.5. The minimum Gasteiger partial charge on any atom is -0.477 e. The molecule has 35 heavy (non-hydrogen) atoms. The topological polar surface area (TPSA) is 75.0 Å². The van der Waals surface area contributed by atoms with Crippen molar-refractivity contribution < 1.29 is 23.4 Å². The lowest BCUT2D eigenvalue weighted by molar-refractivity contribution is 0.0694. The molecule has 2 aromatic carbocycles. The Hall–Kier alpha value is -3.30. The van der Waals surface area contributed by atoms with Crippen LogP contribution in [0.5, 0.6) is 0 Å². The molecule has 0 radical (unpaired) electrons. The lowest BCUT2D eigenvalue weighted by Gasteiger charge is -2.39. The number of benzene rings is 2. The maximum atomic E-state index is 16.1. The lowest BCUT2D eigenvalue weighted by atomic mass is 10.1. The summed E-state index contributed by atoms with van der Waals surface area (Å²) in [4.78, 5) is 28.1. The SMILES string of the molecule is CN(Cc1ccccc1)CC1COCCN1c1c(F)cc2c(=O)c(C(=O)O)cn(C3CC3)c2c1F. The van der Waals surface area contributed by atoms with Crippen LogP contribution in [0, 0.1) is 11.6 Å². The maximum Gasteiger partial charge on any atom is 0.341 e. The fourth-order valence-corrected chi connectivity index (χ4v) is 4.91. The molecule has 2 fully saturated rings. The Bertz CT molecular complexity index is 1320. The molecule has 2 heterocycles. The van der Waals surface area contributed by atoms with Crippen LogP contribution in [0.4, 0.5) is 14.5 Å². The molecule has 5 rings (SSSR count). The third-order valence-corrected chi connectivity index (χ3v) is 6.69. The van der Waals surface area contributed by atoms with Gasteiger partial charge in [-0.2, -0.15) is 0 Å². The van der Waals surface area contributed by atoms with Crippen molar-refractivity contribution in [2.45, 2.75) is 31.5 Å². The number of aromatic carboxylic acids is 1. The van der Waals surface area contributed by atoms with Gasteiger partial charge in [-0.1, -0.05) is 30.3 Å². The first-order chi connectivity index (χ1) is 16.8. The molecule has 1 aliphatic heterocycles. The van der Waals surface area contributed by atoms with Gasteiger partial charge in [-0.05, 0) is 31.5 Å². The fourth-order valence-electron chi connectivity index (χ4n) is 4.91. The normalized spacial score (nSPS) is 18.4. The van der Waals surface area contributed by atoms with Crippen LogP contribution in [-0.4, -0.2) is 59.9 Å². The summed E-state index contributed by atoms with van der Waals surface area (Å²) in [5.41, 5.74) is -0.473. The van der Waals surface area contributed by atoms with Crippen LogP contribution in [0.2, 0.25) is 0 Å². The van der Waals surface area contributed by atoms with Gasteiger partial charge in [0.25, 0.3) is 0 Å². The average Bonchev–Trinajstić information content (AvgIpc) is 3.66. The van der Waals surface area contributed by atoms with Crippen LogP contribution in [0.1, 0.15) is 34.8 Å². The number of rotatable bonds is 7. The van der Waals surface area contributed by atoms with Gasteiger partial charge in [-0.3, -0.25) is 9.69 Å². The molecule has 0 bridgehead atoms. The van der Waals surface area contributed by atoms with Crippen molar-refractivity contribution >= 4 is 22.6 Å². The van der Waals surface area contributed by atoms with E-state index in [-0.39, 0.29) is 28.7 Å². The highest BCUT2D eigenvalue weighted by atomic mass is 19.1. The second-order valence-electron chi connectivity index (χ2n) is 9.34. The minimum absolute atomic E-state index is 0.0400. The van der Waals surface area contributed by atoms with Gasteiger partial charge in [0.15, 0.2) is 5.82 Å². The van der Waals surface area contributed by atoms with E-state index in [0.717, 1.165) is 24.5 Å². The Morgan fingerprint density at radius 2 is 1.97 bits per heavy atom. The number of anilines is 1. The number of fused-ring (bicyclic) bond motifs is 1. The number of halogens is 2. The highest BCUT2D eigenvalue weighted by Gasteiger charge is 2.34. The van der Waals surface area contributed by atoms with E-state index >= 15 is 8.78 Å². The molecule has 0 amide bonds. The number of ether oxygens (including phenoxy) is 1. The van der Waals surface area contributed by atoms with Crippen molar-refractivity contribution in [3.63, 3.8) is 0 Å². The summed E-state index contributed by atoms with van der Waals surface area (Å²) in [6.45, 7) is 2.11. The Labute approximate surface area is 201 Å². The highest BCUT2D eigenvalue weighted by molar-refractivity contribution is 5.94. The van der Waals surface area contributed by atoms with E-state index in [1.807, 2.05) is 37.4 Å². The predicted octanol–water partition coefficient (Wildman–Crippen LogP) is 3.65. The molecule has 1 N–H and O–H groups in total. The van der Waals surface area contributed by atoms with Crippen LogP contribution in [-0.2, 0) is 11.3 Å². The van der Waals surface area contributed by atoms with Crippen LogP contribution in [0.25, 0.3) is 10.9 Å². The number of morpholine rings is 1. The van der Waals surface area contributed by atoms with Crippen molar-refractivity contribution in [2.75, 3.05) is 38.3 Å². The van der Waals surface area contributed by atoms with Gasteiger partial charge in [0.05, 0.1) is 30.2 Å². The molecule has 9 heteroatoms. The Kier molecular flexibility index (Phi) is 6.29. The number of carboxylic acids is 1. The third kappa shape index (κ3) is 4.53. The summed E-state index contributed by atoms with van der Waals surface area (Å²) < 4.78 is 38.7. The zero-order valence-corrected chi connectivity index (χ0v) is 19.4. The first-order valence-electron chi connectivity index (χ1n) is 11.7. The van der Waals surface area contributed by atoms with Gasteiger partial charge >= 0.3 is 5.97 Å². The molecule has 7 nitrogen and oxygen atoms in total. The van der Waals surface area contributed by atoms with E-state index in [1.165, 1.54) is 10.8 Å². The quantitative estimate of drug-likeness (QED) is 0.553. The van der Waals surface area contributed by atoms with Gasteiger partial charge < -0.3 is 19.3 Å². The molecule has 0 spiro atoms. The zero-order valence-electron chi connectivity index (χ0n) is 19.4. The molecular weight excluding hydrogens is 456 g/mol. The largest absolute Gasteiger partial charge is 0.477 e. The fraction of sp³-hybridized carbons (Fsp3) is 0.385. The number of aromatic nitrogens is 1. The lowest BCUT2D eigenvalue weighted by Crippen LogP contribution is -2.51. The second kappa shape index (κ2) is 9.39. The van der Waals surface area contributed by atoms with Crippen molar-refractivity contribution in [2.24, 2.45) is 0 Å². The van der Waals surface area contributed by atoms with E-state index in [9.17, 15) is 14.7 Å². The molecule has 2 aliphatic rings. The molecular formula is C26H27F2N3O4. The monoisotopic (exact) mass is 483 g/mol. The predicted molar refractivity (Wildman–Crippen MR) is 128 cm³/mol. The van der Waals surface area contributed by atoms with Gasteiger partial charge in [-0.15, -0.1) is 0 Å². The first-order valence-corrected chi connectivity index (χ1v) is 11.7. The van der Waals surface area contributed by atoms with E-state index in [2.05, 4.69) is 4.90 Å². The summed E-state index contributed by atoms with van der Waals surface area (Å²) in [6.07, 6.45) is 2.68. The standard InChI is InChI=1S/C26H27F2N3O4/c1-29(12-16-5-3-2-4-6-16)13-18-15-35-10-9-30(18)24-21(27)11-19-23(22(24)28)31(17-7-8-17)14-20(25(19)32)26(33)34/h2-6,11,14,17-18H,7-10,12-13,15H2,1H3,(H,33,34). The summed E-state index contributed by atoms with van der Waals surface area (Å²) in [5, 5.41) is 9.20. The van der Waals surface area contributed by atoms with Gasteiger partial charge in [0.1, 0.15) is 17.1 Å². The number of carboxylic acid groups (broad SMARTS) is 1. The molecule has 3 aromatic rings. The van der Waals surface area contributed by atoms with E-state index in [1.54, 1.807) is 4.90 Å². The number of nitrogens with zero attached hydrogens (tertiary/aromatic N) is 3. The summed E-state index contributed by atoms with van der Waals surface area (Å²) in [7, 11) is 1.95. The molecule has 1 saturated carbocycles. The average molecular weight is 484 g/mol. The molecule has 1 unspecified atom stereocenters. The number of hydrogen-bond donors (Lipinski definition) is 1. The number of pyridine rings is 1. The highest BCUT2D eigenvalue weighted by Crippen LogP contribution is 2.40. The van der Waals surface area contributed by atoms with E-state index in [4.69, 9.17) is 4.74 Å². The van der Waals surface area contributed by atoms with Gasteiger partial charge in [0, 0.05) is 31.9 Å². The van der Waals surface area contributed by atoms with Crippen LogP contribution < -0.4 is 10.3 Å². The first kappa shape index (κ1) is 23.4. The smallest absolute Gasteiger partial charge is 0.341 e. The summed E-state index contributed by atoms with van der Waals surface area (Å²) in [5.74, 6) is -3.13. The van der Waals surface area contributed by atoms with Gasteiger partial charge in [-0.25, -0.2) is 13.6 Å². The number of likely N-dealkylation sites (N-methyl/N-ethyl adjacent to an activating group) is 1. The van der Waals surface area contributed by atoms with E-state index < -0.39 is 28.6 Å². The molecule has 1 aromatic heterocycles. The summed E-state index contributed by atoms with van der Waals surface area (Å²) >= 11 is 0. The minimum atomic E-state index is -1.41. The van der Waals surface area contributed by atoms with Crippen molar-refractivity contribution in [1.29, 1.82) is 0 Å². The third-order valence-electron chi connectivity index (χ3n) is 6.69. The molecule has 1 atom stereocenters. The van der Waals surface area contributed by atoms with Gasteiger partial charge in [0.2, 0.25) is 5.43 Å². The van der Waals surface area contributed by atoms with Crippen LogP contribution in [0.15, 0.2) is 47.4 Å². The van der Waals surface area contributed by atoms with Crippen molar-refractivity contribution in [1.82, 2.24) is 9.47 Å². The molecule has 1 saturated heterocycles. The Morgan fingerprint density at radius 3 is 2.66 bits per heavy atom. The van der Waals surface area contributed by atoms with Crippen molar-refractivity contribution in [3.05, 3.63) is 75.6 Å². The molecule has 1 aliphatic carbocycles. The maximum absolute atomic E-state index is 16.1. The Balaban J connectivity index is 1.54. The van der Waals surface area contributed by atoms with Crippen LogP contribution >= 0.6 is 0 Å². The number of carbonyl (C=O) groups is 1. The van der Waals surface area contributed by atoms with Crippen LogP contribution in [0.3, 0.4) is 0 Å². The zero-order chi connectivity index (χ0) is 24.7. The second-order valence-corrected chi connectivity index (χ2v) is 9.34. The molecule has 184 valence electrons.